The normalized spacial score (nSPS) is 24.2. The summed E-state index contributed by atoms with van der Waals surface area (Å²) >= 11 is 0. The number of halogens is 3. The third-order valence-electron chi connectivity index (χ3n) is 8.10. The monoisotopic (exact) mass is 541 g/mol. The zero-order valence-electron chi connectivity index (χ0n) is 21.7. The van der Waals surface area contributed by atoms with Crippen LogP contribution in [0.4, 0.5) is 19.0 Å². The Morgan fingerprint density at radius 3 is 2.31 bits per heavy atom. The van der Waals surface area contributed by atoms with E-state index in [1.54, 1.807) is 48.5 Å². The van der Waals surface area contributed by atoms with Gasteiger partial charge in [0.1, 0.15) is 5.82 Å². The smallest absolute Gasteiger partial charge is 0.410 e. The second-order valence-corrected chi connectivity index (χ2v) is 10.4. The fraction of sp³-hybridized carbons (Fsp3) is 0.429. The molecule has 11 heteroatoms. The van der Waals surface area contributed by atoms with Crippen LogP contribution in [0.15, 0.2) is 48.5 Å². The molecule has 0 saturated carbocycles. The molecule has 2 N–H and O–H groups in total. The summed E-state index contributed by atoms with van der Waals surface area (Å²) in [5.41, 5.74) is 2.26. The number of benzene rings is 2. The Labute approximate surface area is 224 Å². The summed E-state index contributed by atoms with van der Waals surface area (Å²) in [5.74, 6) is 2.21. The zero-order chi connectivity index (χ0) is 27.3. The molecule has 4 heterocycles. The van der Waals surface area contributed by atoms with Crippen LogP contribution >= 0.6 is 0 Å². The van der Waals surface area contributed by atoms with Crippen molar-refractivity contribution >= 4 is 11.7 Å². The van der Waals surface area contributed by atoms with Crippen molar-refractivity contribution < 1.29 is 27.4 Å². The van der Waals surface area contributed by atoms with Crippen LogP contribution in [-0.4, -0.2) is 67.2 Å². The van der Waals surface area contributed by atoms with Crippen LogP contribution in [0.1, 0.15) is 34.4 Å². The third-order valence-corrected chi connectivity index (χ3v) is 8.10. The number of methoxy groups -OCH3 is 2. The minimum absolute atomic E-state index is 0.0170. The van der Waals surface area contributed by atoms with Gasteiger partial charge in [0, 0.05) is 49.8 Å². The first-order valence-electron chi connectivity index (χ1n) is 13.0. The van der Waals surface area contributed by atoms with Crippen LogP contribution in [-0.2, 0) is 0 Å². The molecule has 39 heavy (non-hydrogen) atoms. The molecule has 1 aromatic heterocycles. The lowest BCUT2D eigenvalue weighted by atomic mass is 9.96. The number of amides is 1. The lowest BCUT2D eigenvalue weighted by Gasteiger charge is -2.33. The number of ether oxygens (including phenoxy) is 2. The molecule has 8 nitrogen and oxygen atoms in total. The van der Waals surface area contributed by atoms with E-state index in [1.807, 2.05) is 4.90 Å². The van der Waals surface area contributed by atoms with Gasteiger partial charge in [-0.05, 0) is 41.7 Å². The molecule has 3 aliphatic rings. The molecule has 2 saturated heterocycles. The van der Waals surface area contributed by atoms with E-state index in [1.165, 1.54) is 14.2 Å². The van der Waals surface area contributed by atoms with E-state index in [2.05, 4.69) is 15.7 Å². The van der Waals surface area contributed by atoms with E-state index in [4.69, 9.17) is 9.47 Å². The summed E-state index contributed by atoms with van der Waals surface area (Å²) < 4.78 is 54.2. The van der Waals surface area contributed by atoms with Crippen molar-refractivity contribution in [3.63, 3.8) is 0 Å². The fourth-order valence-corrected chi connectivity index (χ4v) is 5.99. The molecule has 4 atom stereocenters. The van der Waals surface area contributed by atoms with E-state index in [0.29, 0.717) is 45.7 Å². The molecular formula is C28H30F3N5O3. The molecule has 0 aliphatic carbocycles. The molecular weight excluding hydrogens is 511 g/mol. The average Bonchev–Trinajstić information content (AvgIpc) is 3.66. The second-order valence-electron chi connectivity index (χ2n) is 10.4. The number of carbonyl (C=O) groups excluding carboxylic acids is 1. The first kappa shape index (κ1) is 25.5. The minimum Gasteiger partial charge on any atom is -0.493 e. The molecule has 2 aromatic carbocycles. The SMILES string of the molecule is COc1ccc(C2CC(C(F)(F)F)n3nc(-c4ccc(C(=O)N5CC6CNCC6C5)cc4)cc3N2)cc1OC. The van der Waals surface area contributed by atoms with Crippen LogP contribution in [0, 0.1) is 11.8 Å². The third kappa shape index (κ3) is 4.69. The molecule has 4 unspecified atom stereocenters. The van der Waals surface area contributed by atoms with Gasteiger partial charge in [0.15, 0.2) is 17.5 Å². The van der Waals surface area contributed by atoms with Gasteiger partial charge in [-0.2, -0.15) is 18.3 Å². The quantitative estimate of drug-likeness (QED) is 0.495. The van der Waals surface area contributed by atoms with Gasteiger partial charge in [-0.1, -0.05) is 18.2 Å². The number of nitrogens with one attached hydrogen (secondary N) is 2. The van der Waals surface area contributed by atoms with Gasteiger partial charge < -0.3 is 25.0 Å². The van der Waals surface area contributed by atoms with Crippen molar-refractivity contribution in [1.29, 1.82) is 0 Å². The van der Waals surface area contributed by atoms with E-state index >= 15 is 0 Å². The Bertz CT molecular complexity index is 1360. The number of alkyl halides is 3. The fourth-order valence-electron chi connectivity index (χ4n) is 5.99. The largest absolute Gasteiger partial charge is 0.493 e. The molecule has 3 aromatic rings. The van der Waals surface area contributed by atoms with Crippen LogP contribution in [0.25, 0.3) is 11.3 Å². The maximum atomic E-state index is 14.2. The molecule has 0 spiro atoms. The lowest BCUT2D eigenvalue weighted by Crippen LogP contribution is -2.35. The van der Waals surface area contributed by atoms with Crippen LogP contribution in [0.2, 0.25) is 0 Å². The first-order valence-corrected chi connectivity index (χ1v) is 13.0. The second kappa shape index (κ2) is 9.78. The highest BCUT2D eigenvalue weighted by Gasteiger charge is 2.46. The van der Waals surface area contributed by atoms with Gasteiger partial charge in [0.25, 0.3) is 5.91 Å². The Morgan fingerprint density at radius 1 is 0.974 bits per heavy atom. The highest BCUT2D eigenvalue weighted by Crippen LogP contribution is 2.45. The van der Waals surface area contributed by atoms with Crippen molar-refractivity contribution in [3.05, 3.63) is 59.7 Å². The predicted molar refractivity (Wildman–Crippen MR) is 139 cm³/mol. The number of hydrogen-bond acceptors (Lipinski definition) is 6. The standard InChI is InChI=1S/C28H30F3N5O3/c1-38-23-8-7-18(9-24(23)39-2)21-10-25(28(29,30)31)36-26(33-21)11-22(34-36)16-3-5-17(6-4-16)27(37)35-14-19-12-32-13-20(19)15-35/h3-9,11,19-21,25,32-33H,10,12-15H2,1-2H3. The molecule has 2 fully saturated rings. The minimum atomic E-state index is -4.49. The molecule has 3 aliphatic heterocycles. The van der Waals surface area contributed by atoms with Gasteiger partial charge in [-0.15, -0.1) is 0 Å². The van der Waals surface area contributed by atoms with Gasteiger partial charge in [0.2, 0.25) is 0 Å². The topological polar surface area (TPSA) is 80.7 Å². The van der Waals surface area contributed by atoms with Crippen molar-refractivity contribution in [3.8, 4) is 22.8 Å². The van der Waals surface area contributed by atoms with E-state index in [-0.39, 0.29) is 18.1 Å². The molecule has 1 amide bonds. The van der Waals surface area contributed by atoms with E-state index in [9.17, 15) is 18.0 Å². The highest BCUT2D eigenvalue weighted by atomic mass is 19.4. The number of rotatable bonds is 5. The maximum Gasteiger partial charge on any atom is 0.410 e. The Kier molecular flexibility index (Phi) is 6.41. The van der Waals surface area contributed by atoms with Gasteiger partial charge in [-0.3, -0.25) is 4.79 Å². The predicted octanol–water partition coefficient (Wildman–Crippen LogP) is 4.52. The average molecular weight is 542 g/mol. The van der Waals surface area contributed by atoms with Crippen molar-refractivity contribution in [1.82, 2.24) is 20.0 Å². The zero-order valence-corrected chi connectivity index (χ0v) is 21.7. The molecule has 0 radical (unpaired) electrons. The number of fused-ring (bicyclic) bond motifs is 2. The van der Waals surface area contributed by atoms with Crippen molar-refractivity contribution in [2.75, 3.05) is 45.7 Å². The molecule has 0 bridgehead atoms. The number of hydrogen-bond donors (Lipinski definition) is 2. The number of nitrogens with zero attached hydrogens (tertiary/aromatic N) is 3. The molecule has 6 rings (SSSR count). The Morgan fingerprint density at radius 2 is 1.67 bits per heavy atom. The highest BCUT2D eigenvalue weighted by molar-refractivity contribution is 5.95. The van der Waals surface area contributed by atoms with Gasteiger partial charge in [-0.25, -0.2) is 4.68 Å². The van der Waals surface area contributed by atoms with Gasteiger partial charge in [0.05, 0.1) is 26.0 Å². The summed E-state index contributed by atoms with van der Waals surface area (Å²) in [6.07, 6.45) is -4.72. The van der Waals surface area contributed by atoms with Crippen LogP contribution < -0.4 is 20.1 Å². The van der Waals surface area contributed by atoms with Crippen molar-refractivity contribution in [2.24, 2.45) is 11.8 Å². The number of anilines is 1. The lowest BCUT2D eigenvalue weighted by molar-refractivity contribution is -0.173. The number of aromatic nitrogens is 2. The number of likely N-dealkylation sites (tertiary alicyclic amines) is 1. The molecule has 206 valence electrons. The van der Waals surface area contributed by atoms with Crippen LogP contribution in [0.5, 0.6) is 11.5 Å². The summed E-state index contributed by atoms with van der Waals surface area (Å²) in [6, 6.07) is 11.3. The van der Waals surface area contributed by atoms with Crippen molar-refractivity contribution in [2.45, 2.75) is 24.7 Å². The van der Waals surface area contributed by atoms with E-state index < -0.39 is 18.3 Å². The Hall–Kier alpha value is -3.73. The first-order chi connectivity index (χ1) is 18.7. The summed E-state index contributed by atoms with van der Waals surface area (Å²) in [5, 5.41) is 10.9. The number of carbonyl (C=O) groups is 1. The van der Waals surface area contributed by atoms with Crippen LogP contribution in [0.3, 0.4) is 0 Å². The summed E-state index contributed by atoms with van der Waals surface area (Å²) in [7, 11) is 3.00. The Balaban J connectivity index is 1.25. The summed E-state index contributed by atoms with van der Waals surface area (Å²) in [6.45, 7) is 3.38. The summed E-state index contributed by atoms with van der Waals surface area (Å²) in [4.78, 5) is 14.9. The van der Waals surface area contributed by atoms with Gasteiger partial charge >= 0.3 is 6.18 Å². The maximum absolute atomic E-state index is 14.2. The van der Waals surface area contributed by atoms with E-state index in [0.717, 1.165) is 30.9 Å².